The molecule has 0 saturated heterocycles. The van der Waals surface area contributed by atoms with Crippen molar-refractivity contribution in [3.63, 3.8) is 0 Å². The fourth-order valence-corrected chi connectivity index (χ4v) is 2.74. The van der Waals surface area contributed by atoms with Gasteiger partial charge in [0.1, 0.15) is 0 Å². The van der Waals surface area contributed by atoms with E-state index in [-0.39, 0.29) is 6.54 Å². The summed E-state index contributed by atoms with van der Waals surface area (Å²) in [5, 5.41) is 3.89. The number of carbonyl (C=O) groups is 2. The van der Waals surface area contributed by atoms with Crippen LogP contribution in [0.15, 0.2) is 27.2 Å². The van der Waals surface area contributed by atoms with Crippen LogP contribution in [0, 0.1) is 0 Å². The number of nitrogens with zero attached hydrogens (tertiary/aromatic N) is 3. The highest BCUT2D eigenvalue weighted by atomic mass is 79.9. The van der Waals surface area contributed by atoms with Crippen LogP contribution in [0.3, 0.4) is 0 Å². The van der Waals surface area contributed by atoms with Crippen molar-refractivity contribution >= 4 is 33.3 Å². The lowest BCUT2D eigenvalue weighted by molar-refractivity contribution is -0.114. The van der Waals surface area contributed by atoms with Gasteiger partial charge in [-0.1, -0.05) is 21.1 Å². The third-order valence-electron chi connectivity index (χ3n) is 3.64. The molecular formula is C14H10BrN3O3. The SMILES string of the molecule is O=C1C(=O)N(Cc2noc(C3CC3)n2)c2cc(Br)ccc21. The van der Waals surface area contributed by atoms with E-state index in [1.165, 1.54) is 4.90 Å². The molecule has 6 nitrogen and oxygen atoms in total. The summed E-state index contributed by atoms with van der Waals surface area (Å²) in [6.45, 7) is 0.143. The van der Waals surface area contributed by atoms with E-state index in [1.54, 1.807) is 18.2 Å². The monoisotopic (exact) mass is 347 g/mol. The van der Waals surface area contributed by atoms with Crippen molar-refractivity contribution in [3.8, 4) is 0 Å². The Labute approximate surface area is 128 Å². The van der Waals surface area contributed by atoms with Gasteiger partial charge < -0.3 is 4.52 Å². The number of fused-ring (bicyclic) bond motifs is 1. The Kier molecular flexibility index (Phi) is 2.72. The lowest BCUT2D eigenvalue weighted by Crippen LogP contribution is -2.29. The molecule has 1 aromatic heterocycles. The molecule has 7 heteroatoms. The first-order chi connectivity index (χ1) is 10.1. The second kappa shape index (κ2) is 4.49. The molecule has 0 spiro atoms. The fourth-order valence-electron chi connectivity index (χ4n) is 2.39. The third kappa shape index (κ3) is 2.08. The van der Waals surface area contributed by atoms with Crippen molar-refractivity contribution in [2.45, 2.75) is 25.3 Å². The Morgan fingerprint density at radius 2 is 2.14 bits per heavy atom. The highest BCUT2D eigenvalue weighted by molar-refractivity contribution is 9.10. The molecule has 1 aliphatic heterocycles. The Bertz CT molecular complexity index is 767. The van der Waals surface area contributed by atoms with Gasteiger partial charge in [-0.05, 0) is 31.0 Å². The van der Waals surface area contributed by atoms with Crippen LogP contribution in [0.2, 0.25) is 0 Å². The molecule has 0 unspecified atom stereocenters. The summed E-state index contributed by atoms with van der Waals surface area (Å²) in [7, 11) is 0. The zero-order valence-corrected chi connectivity index (χ0v) is 12.5. The molecule has 0 atom stereocenters. The number of anilines is 1. The van der Waals surface area contributed by atoms with Crippen molar-refractivity contribution in [2.24, 2.45) is 0 Å². The molecule has 0 N–H and O–H groups in total. The second-order valence-corrected chi connectivity index (χ2v) is 6.12. The summed E-state index contributed by atoms with van der Waals surface area (Å²) < 4.78 is 5.99. The van der Waals surface area contributed by atoms with E-state index in [9.17, 15) is 9.59 Å². The first kappa shape index (κ1) is 12.7. The van der Waals surface area contributed by atoms with Crippen molar-refractivity contribution in [3.05, 3.63) is 40.0 Å². The number of hydrogen-bond acceptors (Lipinski definition) is 5. The Hall–Kier alpha value is -2.02. The van der Waals surface area contributed by atoms with Gasteiger partial charge in [-0.25, -0.2) is 0 Å². The van der Waals surface area contributed by atoms with Gasteiger partial charge in [-0.15, -0.1) is 0 Å². The molecule has 2 aromatic rings. The van der Waals surface area contributed by atoms with Crippen LogP contribution in [0.5, 0.6) is 0 Å². The molecular weight excluding hydrogens is 338 g/mol. The van der Waals surface area contributed by atoms with Crippen molar-refractivity contribution in [1.29, 1.82) is 0 Å². The molecule has 1 aliphatic carbocycles. The summed E-state index contributed by atoms with van der Waals surface area (Å²) in [6, 6.07) is 5.14. The van der Waals surface area contributed by atoms with E-state index in [0.717, 1.165) is 17.3 Å². The van der Waals surface area contributed by atoms with Crippen molar-refractivity contribution in [2.75, 3.05) is 4.90 Å². The van der Waals surface area contributed by atoms with Crippen molar-refractivity contribution < 1.29 is 14.1 Å². The maximum absolute atomic E-state index is 12.1. The normalized spacial score (nSPS) is 17.5. The number of Topliss-reactive ketones (excluding diaryl/α,β-unsaturated/α-hetero) is 1. The van der Waals surface area contributed by atoms with E-state index in [1.807, 2.05) is 0 Å². The number of ketones is 1. The third-order valence-corrected chi connectivity index (χ3v) is 4.14. The van der Waals surface area contributed by atoms with E-state index in [4.69, 9.17) is 4.52 Å². The quantitative estimate of drug-likeness (QED) is 0.797. The van der Waals surface area contributed by atoms with Gasteiger partial charge in [0, 0.05) is 10.4 Å². The van der Waals surface area contributed by atoms with Crippen molar-refractivity contribution in [1.82, 2.24) is 10.1 Å². The fraction of sp³-hybridized carbons (Fsp3) is 0.286. The minimum Gasteiger partial charge on any atom is -0.339 e. The maximum Gasteiger partial charge on any atom is 0.299 e. The predicted octanol–water partition coefficient (Wildman–Crippen LogP) is 2.44. The van der Waals surface area contributed by atoms with Gasteiger partial charge in [-0.2, -0.15) is 4.98 Å². The zero-order chi connectivity index (χ0) is 14.6. The predicted molar refractivity (Wildman–Crippen MR) is 75.9 cm³/mol. The first-order valence-electron chi connectivity index (χ1n) is 6.61. The summed E-state index contributed by atoms with van der Waals surface area (Å²) >= 11 is 3.35. The molecule has 21 heavy (non-hydrogen) atoms. The van der Waals surface area contributed by atoms with Gasteiger partial charge in [0.25, 0.3) is 11.7 Å². The number of rotatable bonds is 3. The molecule has 2 heterocycles. The number of amides is 1. The molecule has 106 valence electrons. The second-order valence-electron chi connectivity index (χ2n) is 5.21. The van der Waals surface area contributed by atoms with Gasteiger partial charge >= 0.3 is 0 Å². The van der Waals surface area contributed by atoms with E-state index in [2.05, 4.69) is 26.1 Å². The highest BCUT2D eigenvalue weighted by Crippen LogP contribution is 2.39. The van der Waals surface area contributed by atoms with Gasteiger partial charge in [-0.3, -0.25) is 14.5 Å². The smallest absolute Gasteiger partial charge is 0.299 e. The summed E-state index contributed by atoms with van der Waals surface area (Å²) in [4.78, 5) is 29.8. The van der Waals surface area contributed by atoms with Crippen LogP contribution >= 0.6 is 15.9 Å². The van der Waals surface area contributed by atoms with Crippen LogP contribution in [0.25, 0.3) is 0 Å². The van der Waals surface area contributed by atoms with Crippen LogP contribution in [0.4, 0.5) is 5.69 Å². The Morgan fingerprint density at radius 3 is 2.90 bits per heavy atom. The number of hydrogen-bond donors (Lipinski definition) is 0. The van der Waals surface area contributed by atoms with Crippen LogP contribution < -0.4 is 4.90 Å². The topological polar surface area (TPSA) is 76.3 Å². The van der Waals surface area contributed by atoms with E-state index >= 15 is 0 Å². The number of benzene rings is 1. The largest absolute Gasteiger partial charge is 0.339 e. The minimum absolute atomic E-state index is 0.143. The summed E-state index contributed by atoms with van der Waals surface area (Å²) in [6.07, 6.45) is 2.14. The van der Waals surface area contributed by atoms with Crippen LogP contribution in [0.1, 0.15) is 40.8 Å². The molecule has 1 fully saturated rings. The first-order valence-corrected chi connectivity index (χ1v) is 7.41. The Morgan fingerprint density at radius 1 is 1.33 bits per heavy atom. The van der Waals surface area contributed by atoms with Crippen LogP contribution in [-0.4, -0.2) is 21.8 Å². The zero-order valence-electron chi connectivity index (χ0n) is 10.9. The number of carbonyl (C=O) groups excluding carboxylic acids is 2. The average molecular weight is 348 g/mol. The molecule has 4 rings (SSSR count). The Balaban J connectivity index is 1.66. The summed E-state index contributed by atoms with van der Waals surface area (Å²) in [5.41, 5.74) is 0.992. The van der Waals surface area contributed by atoms with Gasteiger partial charge in [0.2, 0.25) is 5.89 Å². The van der Waals surface area contributed by atoms with E-state index < -0.39 is 11.7 Å². The molecule has 0 radical (unpaired) electrons. The number of aromatic nitrogens is 2. The summed E-state index contributed by atoms with van der Waals surface area (Å²) in [5.74, 6) is 0.358. The van der Waals surface area contributed by atoms with Gasteiger partial charge in [0.05, 0.1) is 17.8 Å². The average Bonchev–Trinajstić information content (AvgIpc) is 3.18. The molecule has 1 amide bonds. The molecule has 1 aromatic carbocycles. The number of halogens is 1. The molecule has 2 aliphatic rings. The van der Waals surface area contributed by atoms with E-state index in [0.29, 0.717) is 28.9 Å². The van der Waals surface area contributed by atoms with Gasteiger partial charge in [0.15, 0.2) is 5.82 Å². The lowest BCUT2D eigenvalue weighted by Gasteiger charge is -2.13. The maximum atomic E-state index is 12.1. The molecule has 0 bridgehead atoms. The molecule has 1 saturated carbocycles. The standard InChI is InChI=1S/C14H10BrN3O3/c15-8-3-4-9-10(5-8)18(14(20)12(9)19)6-11-16-13(21-17-11)7-1-2-7/h3-5,7H,1-2,6H2. The highest BCUT2D eigenvalue weighted by Gasteiger charge is 2.37. The van der Waals surface area contributed by atoms with Crippen LogP contribution in [-0.2, 0) is 11.3 Å². The lowest BCUT2D eigenvalue weighted by atomic mass is 10.1. The minimum atomic E-state index is -0.555.